The van der Waals surface area contributed by atoms with E-state index in [0.717, 1.165) is 31.8 Å². The van der Waals surface area contributed by atoms with Crippen molar-refractivity contribution in [3.63, 3.8) is 0 Å². The van der Waals surface area contributed by atoms with E-state index in [1.807, 2.05) is 4.90 Å². The summed E-state index contributed by atoms with van der Waals surface area (Å²) < 4.78 is 43.1. The second-order valence-electron chi connectivity index (χ2n) is 6.02. The van der Waals surface area contributed by atoms with Gasteiger partial charge in [-0.2, -0.15) is 13.2 Å². The van der Waals surface area contributed by atoms with E-state index in [-0.39, 0.29) is 6.61 Å². The Morgan fingerprint density at radius 3 is 2.72 bits per heavy atom. The van der Waals surface area contributed by atoms with E-state index in [1.165, 1.54) is 6.07 Å². The van der Waals surface area contributed by atoms with Crippen LogP contribution in [0.5, 0.6) is 0 Å². The number of hydrogen-bond acceptors (Lipinski definition) is 5. The van der Waals surface area contributed by atoms with Gasteiger partial charge in [-0.15, -0.1) is 6.58 Å². The largest absolute Gasteiger partial charge is 0.417 e. The number of alkyl halides is 3. The fraction of sp³-hybridized carbons (Fsp3) is 0.588. The van der Waals surface area contributed by atoms with Crippen molar-refractivity contribution in [2.24, 2.45) is 0 Å². The number of β-amino-alcohol motifs (C(OH)–C–C–N with tert-alkyl or cyclic N) is 1. The van der Waals surface area contributed by atoms with Crippen LogP contribution in [0.2, 0.25) is 0 Å². The van der Waals surface area contributed by atoms with Gasteiger partial charge >= 0.3 is 6.18 Å². The van der Waals surface area contributed by atoms with E-state index in [0.29, 0.717) is 32.1 Å². The van der Waals surface area contributed by atoms with Crippen LogP contribution in [0.15, 0.2) is 31.0 Å². The molecule has 0 saturated carbocycles. The summed E-state index contributed by atoms with van der Waals surface area (Å²) in [6, 6.07) is 2.47. The summed E-state index contributed by atoms with van der Waals surface area (Å²) in [5.74, 6) is 0.546. The molecule has 1 fully saturated rings. The Balaban J connectivity index is 1.85. The maximum Gasteiger partial charge on any atom is 0.417 e. The Hall–Kier alpha value is -1.64. The van der Waals surface area contributed by atoms with Crippen molar-refractivity contribution in [2.75, 3.05) is 50.8 Å². The summed E-state index contributed by atoms with van der Waals surface area (Å²) in [5, 5.41) is 9.98. The molecule has 1 aromatic heterocycles. The summed E-state index contributed by atoms with van der Waals surface area (Å²) >= 11 is 0. The summed E-state index contributed by atoms with van der Waals surface area (Å²) in [4.78, 5) is 8.06. The zero-order chi connectivity index (χ0) is 18.3. The first kappa shape index (κ1) is 19.7. The molecule has 0 amide bonds. The first-order valence-electron chi connectivity index (χ1n) is 8.27. The number of aliphatic hydroxyl groups is 1. The Morgan fingerprint density at radius 1 is 1.28 bits per heavy atom. The van der Waals surface area contributed by atoms with Gasteiger partial charge in [-0.1, -0.05) is 6.08 Å². The molecule has 5 nitrogen and oxygen atoms in total. The molecule has 25 heavy (non-hydrogen) atoms. The second kappa shape index (κ2) is 9.17. The minimum absolute atomic E-state index is 0.257. The number of pyridine rings is 1. The Morgan fingerprint density at radius 2 is 2.08 bits per heavy atom. The fourth-order valence-electron chi connectivity index (χ4n) is 2.76. The average molecular weight is 359 g/mol. The van der Waals surface area contributed by atoms with Gasteiger partial charge in [0.05, 0.1) is 24.9 Å². The van der Waals surface area contributed by atoms with Crippen LogP contribution in [0.3, 0.4) is 0 Å². The van der Waals surface area contributed by atoms with Crippen molar-refractivity contribution < 1.29 is 23.0 Å². The van der Waals surface area contributed by atoms with E-state index < -0.39 is 17.8 Å². The number of hydrogen-bond donors (Lipinski definition) is 1. The van der Waals surface area contributed by atoms with Gasteiger partial charge in [0.1, 0.15) is 5.82 Å². The highest BCUT2D eigenvalue weighted by molar-refractivity contribution is 5.40. The molecule has 2 rings (SSSR count). The topological polar surface area (TPSA) is 48.8 Å². The maximum atomic E-state index is 12.6. The number of rotatable bonds is 7. The Labute approximate surface area is 145 Å². The van der Waals surface area contributed by atoms with Gasteiger partial charge in [0.2, 0.25) is 0 Å². The standard InChI is InChI=1S/C17H24F3N3O2/c1-2-10-25-13-15(24)12-22-6-3-7-23(9-8-22)16-5-4-14(11-21-16)17(18,19)20/h2,4-5,11,15,24H,1,3,6-10,12-13H2. The van der Waals surface area contributed by atoms with Crippen molar-refractivity contribution >= 4 is 5.82 Å². The smallest absolute Gasteiger partial charge is 0.389 e. The molecule has 1 saturated heterocycles. The van der Waals surface area contributed by atoms with Crippen LogP contribution in [-0.4, -0.2) is 67.0 Å². The fourth-order valence-corrected chi connectivity index (χ4v) is 2.76. The van der Waals surface area contributed by atoms with Gasteiger partial charge in [0.25, 0.3) is 0 Å². The van der Waals surface area contributed by atoms with E-state index >= 15 is 0 Å². The third kappa shape index (κ3) is 6.30. The summed E-state index contributed by atoms with van der Waals surface area (Å²) in [6.07, 6.45) is -1.59. The van der Waals surface area contributed by atoms with Gasteiger partial charge < -0.3 is 14.7 Å². The monoisotopic (exact) mass is 359 g/mol. The predicted molar refractivity (Wildman–Crippen MR) is 89.5 cm³/mol. The number of nitrogens with zero attached hydrogens (tertiary/aromatic N) is 3. The third-order valence-corrected chi connectivity index (χ3v) is 4.00. The Bertz CT molecular complexity index is 537. The number of aromatic nitrogens is 1. The normalized spacial score (nSPS) is 18.0. The van der Waals surface area contributed by atoms with Crippen molar-refractivity contribution in [3.8, 4) is 0 Å². The molecular weight excluding hydrogens is 335 g/mol. The van der Waals surface area contributed by atoms with E-state index in [1.54, 1.807) is 6.08 Å². The zero-order valence-corrected chi connectivity index (χ0v) is 14.1. The second-order valence-corrected chi connectivity index (χ2v) is 6.02. The lowest BCUT2D eigenvalue weighted by Crippen LogP contribution is -2.37. The lowest BCUT2D eigenvalue weighted by molar-refractivity contribution is -0.137. The number of halogens is 3. The molecule has 1 atom stereocenters. The number of aliphatic hydroxyl groups excluding tert-OH is 1. The molecule has 0 aromatic carbocycles. The van der Waals surface area contributed by atoms with Crippen LogP contribution in [0.25, 0.3) is 0 Å². The lowest BCUT2D eigenvalue weighted by Gasteiger charge is -2.24. The van der Waals surface area contributed by atoms with Gasteiger partial charge in [-0.25, -0.2) is 4.98 Å². The van der Waals surface area contributed by atoms with Crippen molar-refractivity contribution in [1.82, 2.24) is 9.88 Å². The first-order valence-corrected chi connectivity index (χ1v) is 8.27. The minimum Gasteiger partial charge on any atom is -0.389 e. The molecule has 1 aliphatic heterocycles. The molecule has 1 aromatic rings. The van der Waals surface area contributed by atoms with Crippen LogP contribution >= 0.6 is 0 Å². The van der Waals surface area contributed by atoms with Crippen LogP contribution in [-0.2, 0) is 10.9 Å². The zero-order valence-electron chi connectivity index (χ0n) is 14.1. The molecule has 140 valence electrons. The number of anilines is 1. The number of ether oxygens (including phenoxy) is 1. The first-order chi connectivity index (χ1) is 11.9. The third-order valence-electron chi connectivity index (χ3n) is 4.00. The highest BCUT2D eigenvalue weighted by atomic mass is 19.4. The maximum absolute atomic E-state index is 12.6. The molecule has 0 bridgehead atoms. The molecule has 1 N–H and O–H groups in total. The molecule has 1 unspecified atom stereocenters. The van der Waals surface area contributed by atoms with Crippen LogP contribution in [0, 0.1) is 0 Å². The molecule has 0 radical (unpaired) electrons. The quantitative estimate of drug-likeness (QED) is 0.597. The average Bonchev–Trinajstić information content (AvgIpc) is 2.80. The van der Waals surface area contributed by atoms with Crippen molar-refractivity contribution in [1.29, 1.82) is 0 Å². The molecule has 2 heterocycles. The van der Waals surface area contributed by atoms with Gasteiger partial charge in [0.15, 0.2) is 0 Å². The van der Waals surface area contributed by atoms with Gasteiger partial charge in [-0.05, 0) is 25.1 Å². The van der Waals surface area contributed by atoms with Crippen LogP contribution < -0.4 is 4.90 Å². The summed E-state index contributed by atoms with van der Waals surface area (Å²) in [5.41, 5.74) is -0.740. The lowest BCUT2D eigenvalue weighted by atomic mass is 10.2. The highest BCUT2D eigenvalue weighted by Gasteiger charge is 2.31. The van der Waals surface area contributed by atoms with E-state index in [4.69, 9.17) is 4.74 Å². The summed E-state index contributed by atoms with van der Waals surface area (Å²) in [7, 11) is 0. The predicted octanol–water partition coefficient (Wildman–Crippen LogP) is 2.18. The van der Waals surface area contributed by atoms with Gasteiger partial charge in [-0.3, -0.25) is 4.90 Å². The molecule has 1 aliphatic rings. The van der Waals surface area contributed by atoms with E-state index in [9.17, 15) is 18.3 Å². The van der Waals surface area contributed by atoms with Crippen LogP contribution in [0.4, 0.5) is 19.0 Å². The summed E-state index contributed by atoms with van der Waals surface area (Å²) in [6.45, 7) is 7.62. The molecular formula is C17H24F3N3O2. The minimum atomic E-state index is -4.37. The highest BCUT2D eigenvalue weighted by Crippen LogP contribution is 2.29. The molecule has 8 heteroatoms. The SMILES string of the molecule is C=CCOCC(O)CN1CCCN(c2ccc(C(F)(F)F)cn2)CC1. The molecule has 0 spiro atoms. The van der Waals surface area contributed by atoms with Crippen LogP contribution in [0.1, 0.15) is 12.0 Å². The van der Waals surface area contributed by atoms with Gasteiger partial charge in [0, 0.05) is 32.4 Å². The van der Waals surface area contributed by atoms with Crippen molar-refractivity contribution in [3.05, 3.63) is 36.5 Å². The van der Waals surface area contributed by atoms with Crippen molar-refractivity contribution in [2.45, 2.75) is 18.7 Å². The molecule has 0 aliphatic carbocycles. The Kier molecular flexibility index (Phi) is 7.22. The van der Waals surface area contributed by atoms with E-state index in [2.05, 4.69) is 16.5 Å².